The van der Waals surface area contributed by atoms with Crippen LogP contribution in [0.2, 0.25) is 0 Å². The second-order valence-corrected chi connectivity index (χ2v) is 10.2. The maximum atomic E-state index is 13.6. The third-order valence-electron chi connectivity index (χ3n) is 6.13. The van der Waals surface area contributed by atoms with E-state index in [0.29, 0.717) is 17.8 Å². The molecule has 0 spiro atoms. The van der Waals surface area contributed by atoms with E-state index in [9.17, 15) is 8.78 Å². The van der Waals surface area contributed by atoms with Gasteiger partial charge in [-0.3, -0.25) is 0 Å². The largest absolute Gasteiger partial charge is 0.394 e. The summed E-state index contributed by atoms with van der Waals surface area (Å²) in [5.74, 6) is 0.0678. The van der Waals surface area contributed by atoms with E-state index >= 15 is 0 Å². The molecule has 2 fully saturated rings. The molecule has 1 heterocycles. The van der Waals surface area contributed by atoms with Gasteiger partial charge in [-0.2, -0.15) is 4.98 Å². The number of nitrogens with one attached hydrogen (secondary N) is 3. The van der Waals surface area contributed by atoms with Gasteiger partial charge in [0.15, 0.2) is 0 Å². The molecule has 2 aliphatic carbocycles. The van der Waals surface area contributed by atoms with Gasteiger partial charge in [-0.25, -0.2) is 13.8 Å². The van der Waals surface area contributed by atoms with Crippen molar-refractivity contribution in [3.8, 4) is 0 Å². The maximum absolute atomic E-state index is 13.6. The fourth-order valence-corrected chi connectivity index (χ4v) is 3.86. The van der Waals surface area contributed by atoms with Crippen molar-refractivity contribution in [2.45, 2.75) is 138 Å². The summed E-state index contributed by atoms with van der Waals surface area (Å²) in [6.45, 7) is 14.0. The van der Waals surface area contributed by atoms with Crippen LogP contribution in [0.5, 0.6) is 0 Å². The van der Waals surface area contributed by atoms with Crippen molar-refractivity contribution in [1.82, 2.24) is 9.97 Å². The first-order valence-electron chi connectivity index (χ1n) is 15.5. The average molecular weight is 566 g/mol. The van der Waals surface area contributed by atoms with E-state index in [1.807, 2.05) is 20.8 Å². The molecule has 0 radical (unpaired) electrons. The lowest BCUT2D eigenvalue weighted by atomic mass is 9.96. The molecule has 230 valence electrons. The first kappa shape index (κ1) is 37.5. The SMILES string of the molecule is C1CCCC1.CC.CC(C)O.CCCC.Cc1cnc(NC2CCCCC2)nc1NCNc1ccc(F)cc1F. The molecule has 4 N–H and O–H groups in total. The number of rotatable bonds is 7. The first-order chi connectivity index (χ1) is 19.3. The molecule has 2 aromatic rings. The standard InChI is InChI=1S/C18H23F2N5.C5H10.C4H10.C3H8O.C2H6/c1-12-10-21-18(24-14-5-3-2-4-6-14)25-17(12)23-11-22-16-8-7-13(19)9-15(16)20;1-2-4-5-3-1;1-3-4-2;1-3(2)4;1-2/h7-10,14,22H,2-6,11H2,1H3,(H2,21,23,24,25);1-5H2;3-4H2,1-2H3;3-4H,1-2H3;1-2H3. The summed E-state index contributed by atoms with van der Waals surface area (Å²) in [4.78, 5) is 8.85. The summed E-state index contributed by atoms with van der Waals surface area (Å²) >= 11 is 0. The van der Waals surface area contributed by atoms with Crippen molar-refractivity contribution in [2.75, 3.05) is 22.6 Å². The van der Waals surface area contributed by atoms with Crippen molar-refractivity contribution < 1.29 is 13.9 Å². The number of aromatic nitrogens is 2. The van der Waals surface area contributed by atoms with Gasteiger partial charge in [0.05, 0.1) is 12.4 Å². The van der Waals surface area contributed by atoms with Crippen LogP contribution in [0.25, 0.3) is 0 Å². The fourth-order valence-electron chi connectivity index (χ4n) is 3.86. The summed E-state index contributed by atoms with van der Waals surface area (Å²) in [7, 11) is 0. The fraction of sp³-hybridized carbons (Fsp3) is 0.688. The number of unbranched alkanes of at least 4 members (excludes halogenated alkanes) is 1. The molecule has 40 heavy (non-hydrogen) atoms. The number of hydrogen-bond acceptors (Lipinski definition) is 6. The van der Waals surface area contributed by atoms with Crippen LogP contribution in [0.3, 0.4) is 0 Å². The van der Waals surface area contributed by atoms with E-state index in [-0.39, 0.29) is 18.5 Å². The van der Waals surface area contributed by atoms with Crippen molar-refractivity contribution in [3.63, 3.8) is 0 Å². The summed E-state index contributed by atoms with van der Waals surface area (Å²) in [5.41, 5.74) is 1.14. The lowest BCUT2D eigenvalue weighted by molar-refractivity contribution is 0.216. The minimum Gasteiger partial charge on any atom is -0.394 e. The quantitative estimate of drug-likeness (QED) is 0.250. The van der Waals surface area contributed by atoms with Crippen LogP contribution in [0, 0.1) is 18.6 Å². The Labute approximate surface area is 243 Å². The third kappa shape index (κ3) is 18.7. The average Bonchev–Trinajstić information content (AvgIpc) is 3.54. The summed E-state index contributed by atoms with van der Waals surface area (Å²) in [6, 6.07) is 3.86. The monoisotopic (exact) mass is 565 g/mol. The van der Waals surface area contributed by atoms with Gasteiger partial charge < -0.3 is 21.1 Å². The smallest absolute Gasteiger partial charge is 0.224 e. The Bertz CT molecular complexity index is 860. The zero-order chi connectivity index (χ0) is 30.2. The van der Waals surface area contributed by atoms with E-state index in [0.717, 1.165) is 24.5 Å². The van der Waals surface area contributed by atoms with Gasteiger partial charge in [-0.15, -0.1) is 0 Å². The molecule has 0 bridgehead atoms. The lowest BCUT2D eigenvalue weighted by Gasteiger charge is -2.23. The van der Waals surface area contributed by atoms with Gasteiger partial charge in [0, 0.05) is 30.0 Å². The van der Waals surface area contributed by atoms with Crippen LogP contribution < -0.4 is 16.0 Å². The summed E-state index contributed by atoms with van der Waals surface area (Å²) in [6.07, 6.45) is 17.8. The highest BCUT2D eigenvalue weighted by Gasteiger charge is 2.14. The summed E-state index contributed by atoms with van der Waals surface area (Å²) in [5, 5.41) is 17.4. The van der Waals surface area contributed by atoms with Gasteiger partial charge >= 0.3 is 0 Å². The van der Waals surface area contributed by atoms with Crippen LogP contribution in [0.4, 0.5) is 26.2 Å². The topological polar surface area (TPSA) is 82.1 Å². The Morgan fingerprint density at radius 2 is 1.43 bits per heavy atom. The molecule has 0 aliphatic heterocycles. The number of hydrogen-bond donors (Lipinski definition) is 4. The molecule has 4 rings (SSSR count). The second kappa shape index (κ2) is 24.3. The Balaban J connectivity index is 0.000000833. The van der Waals surface area contributed by atoms with Crippen molar-refractivity contribution in [1.29, 1.82) is 0 Å². The van der Waals surface area contributed by atoms with Crippen LogP contribution in [-0.4, -0.2) is 33.9 Å². The van der Waals surface area contributed by atoms with E-state index in [4.69, 9.17) is 5.11 Å². The molecule has 0 saturated heterocycles. The molecule has 1 aromatic carbocycles. The van der Waals surface area contributed by atoms with Gasteiger partial charge in [-0.05, 0) is 45.7 Å². The zero-order valence-corrected chi connectivity index (χ0v) is 26.3. The highest BCUT2D eigenvalue weighted by molar-refractivity contribution is 5.49. The molecule has 0 unspecified atom stereocenters. The highest BCUT2D eigenvalue weighted by Crippen LogP contribution is 2.21. The Morgan fingerprint density at radius 3 is 1.93 bits per heavy atom. The molecule has 0 atom stereocenters. The summed E-state index contributed by atoms with van der Waals surface area (Å²) < 4.78 is 26.5. The number of anilines is 3. The molecular formula is C32H57F2N5O. The van der Waals surface area contributed by atoms with E-state index < -0.39 is 11.6 Å². The second-order valence-electron chi connectivity index (χ2n) is 10.2. The Hall–Kier alpha value is -2.48. The number of aliphatic hydroxyl groups is 1. The number of halogens is 2. The Kier molecular flexibility index (Phi) is 22.8. The van der Waals surface area contributed by atoms with Crippen LogP contribution in [-0.2, 0) is 0 Å². The van der Waals surface area contributed by atoms with Gasteiger partial charge in [-0.1, -0.05) is 91.9 Å². The van der Waals surface area contributed by atoms with Crippen molar-refractivity contribution >= 4 is 17.5 Å². The normalized spacial score (nSPS) is 14.2. The van der Waals surface area contributed by atoms with Crippen LogP contribution in [0.1, 0.15) is 124 Å². The molecule has 2 saturated carbocycles. The molecule has 8 heteroatoms. The number of benzene rings is 1. The molecule has 0 amide bonds. The minimum absolute atomic E-state index is 0.167. The first-order valence-corrected chi connectivity index (χ1v) is 15.5. The minimum atomic E-state index is -0.624. The highest BCUT2D eigenvalue weighted by atomic mass is 19.1. The van der Waals surface area contributed by atoms with Crippen molar-refractivity contribution in [3.05, 3.63) is 41.6 Å². The predicted molar refractivity (Wildman–Crippen MR) is 168 cm³/mol. The van der Waals surface area contributed by atoms with Crippen molar-refractivity contribution in [2.24, 2.45) is 0 Å². The molecular weight excluding hydrogens is 508 g/mol. The van der Waals surface area contributed by atoms with E-state index in [1.54, 1.807) is 20.0 Å². The molecule has 6 nitrogen and oxygen atoms in total. The van der Waals surface area contributed by atoms with Gasteiger partial charge in [0.2, 0.25) is 5.95 Å². The van der Waals surface area contributed by atoms with E-state index in [2.05, 4.69) is 39.8 Å². The van der Waals surface area contributed by atoms with Gasteiger partial charge in [0.25, 0.3) is 0 Å². The Morgan fingerprint density at radius 1 is 0.900 bits per heavy atom. The number of aliphatic hydroxyl groups excluding tert-OH is 1. The number of nitrogens with zero attached hydrogens (tertiary/aromatic N) is 2. The predicted octanol–water partition coefficient (Wildman–Crippen LogP) is 9.46. The van der Waals surface area contributed by atoms with E-state index in [1.165, 1.54) is 76.3 Å². The lowest BCUT2D eigenvalue weighted by Crippen LogP contribution is -2.24. The van der Waals surface area contributed by atoms with Gasteiger partial charge in [0.1, 0.15) is 17.5 Å². The van der Waals surface area contributed by atoms with Crippen LogP contribution >= 0.6 is 0 Å². The van der Waals surface area contributed by atoms with Crippen LogP contribution in [0.15, 0.2) is 24.4 Å². The zero-order valence-electron chi connectivity index (χ0n) is 26.3. The maximum Gasteiger partial charge on any atom is 0.224 e. The molecule has 1 aromatic heterocycles. The molecule has 2 aliphatic rings. The third-order valence-corrected chi connectivity index (χ3v) is 6.13. The number of aryl methyl sites for hydroxylation is 1.